The molecule has 0 amide bonds. The van der Waals surface area contributed by atoms with E-state index in [2.05, 4.69) is 6.92 Å². The van der Waals surface area contributed by atoms with E-state index < -0.39 is 5.82 Å². The lowest BCUT2D eigenvalue weighted by atomic mass is 9.91. The summed E-state index contributed by atoms with van der Waals surface area (Å²) in [5.41, 5.74) is 0.351. The van der Waals surface area contributed by atoms with Crippen LogP contribution in [0.15, 0.2) is 18.2 Å². The summed E-state index contributed by atoms with van der Waals surface area (Å²) in [6.45, 7) is 2.27. The number of Topliss-reactive ketones (excluding diaryl/α,β-unsaturated/α-hetero) is 1. The average molecular weight is 296 g/mol. The molecule has 2 nitrogen and oxygen atoms in total. The Morgan fingerprint density at radius 3 is 2.95 bits per heavy atom. The fourth-order valence-electron chi connectivity index (χ4n) is 2.70. The minimum absolute atomic E-state index is 0.0513. The highest BCUT2D eigenvalue weighted by molar-refractivity contribution is 8.00. The SMILES string of the molecule is COc1ccc(F)cc1C(=O)CSC1CCCC(C)C1. The van der Waals surface area contributed by atoms with Gasteiger partial charge in [0.2, 0.25) is 0 Å². The maximum Gasteiger partial charge on any atom is 0.176 e. The lowest BCUT2D eigenvalue weighted by Crippen LogP contribution is -2.17. The van der Waals surface area contributed by atoms with Gasteiger partial charge in [-0.15, -0.1) is 0 Å². The van der Waals surface area contributed by atoms with Gasteiger partial charge in [0.15, 0.2) is 5.78 Å². The van der Waals surface area contributed by atoms with Gasteiger partial charge in [0.25, 0.3) is 0 Å². The fourth-order valence-corrected chi connectivity index (χ4v) is 4.04. The van der Waals surface area contributed by atoms with Crippen molar-refractivity contribution in [2.75, 3.05) is 12.9 Å². The third-order valence-corrected chi connectivity index (χ3v) is 5.13. The number of thioether (sulfide) groups is 1. The molecular weight excluding hydrogens is 275 g/mol. The number of carbonyl (C=O) groups excluding carboxylic acids is 1. The second-order valence-corrected chi connectivity index (χ2v) is 6.76. The third kappa shape index (κ3) is 3.98. The Morgan fingerprint density at radius 1 is 1.45 bits per heavy atom. The highest BCUT2D eigenvalue weighted by Crippen LogP contribution is 2.32. The number of hydrogen-bond donors (Lipinski definition) is 0. The van der Waals surface area contributed by atoms with E-state index in [4.69, 9.17) is 4.74 Å². The van der Waals surface area contributed by atoms with Crippen molar-refractivity contribution in [1.82, 2.24) is 0 Å². The Hall–Kier alpha value is -1.03. The zero-order valence-electron chi connectivity index (χ0n) is 12.0. The predicted octanol–water partition coefficient (Wildman–Crippen LogP) is 4.33. The molecule has 1 aliphatic rings. The lowest BCUT2D eigenvalue weighted by Gasteiger charge is -2.26. The molecule has 2 atom stereocenters. The van der Waals surface area contributed by atoms with Crippen LogP contribution in [0.4, 0.5) is 4.39 Å². The van der Waals surface area contributed by atoms with Crippen LogP contribution in [0.5, 0.6) is 5.75 Å². The normalized spacial score (nSPS) is 22.6. The number of carbonyl (C=O) groups is 1. The van der Waals surface area contributed by atoms with Gasteiger partial charge in [0, 0.05) is 5.25 Å². The molecular formula is C16H21FO2S. The molecule has 1 saturated carbocycles. The van der Waals surface area contributed by atoms with Crippen LogP contribution >= 0.6 is 11.8 Å². The molecule has 0 bridgehead atoms. The summed E-state index contributed by atoms with van der Waals surface area (Å²) in [4.78, 5) is 12.2. The van der Waals surface area contributed by atoms with Gasteiger partial charge in [0.05, 0.1) is 18.4 Å². The smallest absolute Gasteiger partial charge is 0.176 e. The Morgan fingerprint density at radius 2 is 2.25 bits per heavy atom. The third-order valence-electron chi connectivity index (χ3n) is 3.80. The van der Waals surface area contributed by atoms with Crippen LogP contribution in [0, 0.1) is 11.7 Å². The number of halogens is 1. The van der Waals surface area contributed by atoms with Crippen molar-refractivity contribution in [3.05, 3.63) is 29.6 Å². The van der Waals surface area contributed by atoms with Gasteiger partial charge in [-0.1, -0.05) is 19.8 Å². The maximum absolute atomic E-state index is 13.3. The first-order chi connectivity index (χ1) is 9.60. The molecule has 0 N–H and O–H groups in total. The highest BCUT2D eigenvalue weighted by Gasteiger charge is 2.21. The molecule has 0 aliphatic heterocycles. The minimum atomic E-state index is -0.398. The molecule has 0 heterocycles. The molecule has 2 rings (SSSR count). The van der Waals surface area contributed by atoms with Gasteiger partial charge in [0.1, 0.15) is 11.6 Å². The topological polar surface area (TPSA) is 26.3 Å². The molecule has 1 aromatic rings. The van der Waals surface area contributed by atoms with Crippen molar-refractivity contribution in [1.29, 1.82) is 0 Å². The van der Waals surface area contributed by atoms with E-state index in [0.29, 0.717) is 22.3 Å². The van der Waals surface area contributed by atoms with Gasteiger partial charge in [-0.05, 0) is 37.0 Å². The van der Waals surface area contributed by atoms with Crippen molar-refractivity contribution >= 4 is 17.5 Å². The van der Waals surface area contributed by atoms with E-state index in [9.17, 15) is 9.18 Å². The highest BCUT2D eigenvalue weighted by atomic mass is 32.2. The lowest BCUT2D eigenvalue weighted by molar-refractivity contribution is 0.101. The molecule has 0 radical (unpaired) electrons. The monoisotopic (exact) mass is 296 g/mol. The first-order valence-electron chi connectivity index (χ1n) is 7.08. The molecule has 110 valence electrons. The number of ether oxygens (including phenoxy) is 1. The van der Waals surface area contributed by atoms with Gasteiger partial charge in [-0.25, -0.2) is 4.39 Å². The van der Waals surface area contributed by atoms with E-state index in [1.54, 1.807) is 11.8 Å². The van der Waals surface area contributed by atoms with Gasteiger partial charge in [-0.2, -0.15) is 11.8 Å². The van der Waals surface area contributed by atoms with Crippen molar-refractivity contribution < 1.29 is 13.9 Å². The molecule has 1 aliphatic carbocycles. The summed E-state index contributed by atoms with van der Waals surface area (Å²) in [7, 11) is 1.50. The summed E-state index contributed by atoms with van der Waals surface area (Å²) >= 11 is 1.70. The Bertz CT molecular complexity index is 476. The first kappa shape index (κ1) is 15.4. The number of hydrogen-bond acceptors (Lipinski definition) is 3. The molecule has 4 heteroatoms. The molecule has 0 aromatic heterocycles. The molecule has 20 heavy (non-hydrogen) atoms. The van der Waals surface area contributed by atoms with Gasteiger partial charge < -0.3 is 4.74 Å². The molecule has 2 unspecified atom stereocenters. The van der Waals surface area contributed by atoms with Gasteiger partial charge in [-0.3, -0.25) is 4.79 Å². The fraction of sp³-hybridized carbons (Fsp3) is 0.562. The maximum atomic E-state index is 13.3. The predicted molar refractivity (Wildman–Crippen MR) is 81.2 cm³/mol. The van der Waals surface area contributed by atoms with Gasteiger partial charge >= 0.3 is 0 Å². The summed E-state index contributed by atoms with van der Waals surface area (Å²) in [5.74, 6) is 1.15. The van der Waals surface area contributed by atoms with Crippen LogP contribution in [-0.4, -0.2) is 23.9 Å². The summed E-state index contributed by atoms with van der Waals surface area (Å²) in [6.07, 6.45) is 4.90. The van der Waals surface area contributed by atoms with Crippen molar-refractivity contribution in [2.45, 2.75) is 37.9 Å². The van der Waals surface area contributed by atoms with Crippen LogP contribution in [-0.2, 0) is 0 Å². The van der Waals surface area contributed by atoms with E-state index in [0.717, 1.165) is 5.92 Å². The summed E-state index contributed by atoms with van der Waals surface area (Å²) < 4.78 is 18.4. The quantitative estimate of drug-likeness (QED) is 0.757. The number of benzene rings is 1. The Balaban J connectivity index is 1.96. The van der Waals surface area contributed by atoms with Crippen LogP contribution in [0.25, 0.3) is 0 Å². The van der Waals surface area contributed by atoms with Crippen LogP contribution in [0.3, 0.4) is 0 Å². The zero-order chi connectivity index (χ0) is 14.5. The Kier molecular flexibility index (Phi) is 5.46. The second-order valence-electron chi connectivity index (χ2n) is 5.47. The number of ketones is 1. The number of methoxy groups -OCH3 is 1. The Labute approximate surface area is 124 Å². The zero-order valence-corrected chi connectivity index (χ0v) is 12.8. The second kappa shape index (κ2) is 7.11. The molecule has 1 aromatic carbocycles. The average Bonchev–Trinajstić information content (AvgIpc) is 2.45. The summed E-state index contributed by atoms with van der Waals surface area (Å²) in [6, 6.07) is 4.09. The van der Waals surface area contributed by atoms with Crippen LogP contribution in [0.2, 0.25) is 0 Å². The number of rotatable bonds is 5. The van der Waals surface area contributed by atoms with E-state index >= 15 is 0 Å². The van der Waals surface area contributed by atoms with E-state index in [1.807, 2.05) is 0 Å². The van der Waals surface area contributed by atoms with Crippen molar-refractivity contribution in [2.24, 2.45) is 5.92 Å². The summed E-state index contributed by atoms with van der Waals surface area (Å²) in [5, 5.41) is 0.558. The molecule has 0 saturated heterocycles. The largest absolute Gasteiger partial charge is 0.496 e. The van der Waals surface area contributed by atoms with E-state index in [1.165, 1.54) is 51.0 Å². The van der Waals surface area contributed by atoms with Crippen molar-refractivity contribution in [3.8, 4) is 5.75 Å². The van der Waals surface area contributed by atoms with E-state index in [-0.39, 0.29) is 5.78 Å². The first-order valence-corrected chi connectivity index (χ1v) is 8.13. The minimum Gasteiger partial charge on any atom is -0.496 e. The van der Waals surface area contributed by atoms with Crippen LogP contribution < -0.4 is 4.74 Å². The molecule has 0 spiro atoms. The van der Waals surface area contributed by atoms with Crippen LogP contribution in [0.1, 0.15) is 43.0 Å². The molecule has 1 fully saturated rings. The van der Waals surface area contributed by atoms with Crippen molar-refractivity contribution in [3.63, 3.8) is 0 Å². The standard InChI is InChI=1S/C16H21FO2S/c1-11-4-3-5-13(8-11)20-10-15(18)14-9-12(17)6-7-16(14)19-2/h6-7,9,11,13H,3-5,8,10H2,1-2H3.